The zero-order valence-electron chi connectivity index (χ0n) is 17.9. The van der Waals surface area contributed by atoms with Crippen molar-refractivity contribution >= 4 is 17.7 Å². The van der Waals surface area contributed by atoms with Crippen molar-refractivity contribution in [2.24, 2.45) is 5.92 Å². The summed E-state index contributed by atoms with van der Waals surface area (Å²) in [5.41, 5.74) is 1.67. The number of fused-ring (bicyclic) bond motifs is 1. The van der Waals surface area contributed by atoms with Gasteiger partial charge in [-0.3, -0.25) is 4.79 Å². The largest absolute Gasteiger partial charge is 0.508 e. The highest BCUT2D eigenvalue weighted by atomic mass is 32.2. The zero-order chi connectivity index (χ0) is 22.5. The minimum atomic E-state index is -0.173. The van der Waals surface area contributed by atoms with Gasteiger partial charge in [0.15, 0.2) is 11.5 Å². The molecule has 4 rings (SSSR count). The molecule has 3 aromatic rings. The summed E-state index contributed by atoms with van der Waals surface area (Å²) in [5, 5.41) is 24.8. The van der Waals surface area contributed by atoms with Crippen LogP contribution in [0.15, 0.2) is 47.6 Å². The van der Waals surface area contributed by atoms with Gasteiger partial charge in [0.2, 0.25) is 11.1 Å². The SMILES string of the molecule is CC(C)[C@@H](NC(=O)CSc1nnnn1-c1ccc(O)cc1)c1ccc2c(c1)OCCCO2. The summed E-state index contributed by atoms with van der Waals surface area (Å²) in [4.78, 5) is 12.8. The molecule has 0 bridgehead atoms. The van der Waals surface area contributed by atoms with Crippen molar-refractivity contribution in [3.05, 3.63) is 48.0 Å². The van der Waals surface area contributed by atoms with Crippen LogP contribution in [0.25, 0.3) is 5.69 Å². The van der Waals surface area contributed by atoms with Gasteiger partial charge in [-0.1, -0.05) is 31.7 Å². The van der Waals surface area contributed by atoms with Gasteiger partial charge in [0.25, 0.3) is 0 Å². The molecule has 32 heavy (non-hydrogen) atoms. The summed E-state index contributed by atoms with van der Waals surface area (Å²) < 4.78 is 13.0. The van der Waals surface area contributed by atoms with Gasteiger partial charge in [0.1, 0.15) is 5.75 Å². The molecule has 2 N–H and O–H groups in total. The lowest BCUT2D eigenvalue weighted by Crippen LogP contribution is -2.33. The van der Waals surface area contributed by atoms with E-state index in [1.54, 1.807) is 24.3 Å². The van der Waals surface area contributed by atoms with E-state index in [1.807, 2.05) is 18.2 Å². The molecule has 10 heteroatoms. The van der Waals surface area contributed by atoms with Gasteiger partial charge in [-0.05, 0) is 58.3 Å². The number of carbonyl (C=O) groups is 1. The van der Waals surface area contributed by atoms with Crippen LogP contribution in [-0.4, -0.2) is 50.2 Å². The van der Waals surface area contributed by atoms with Crippen LogP contribution in [-0.2, 0) is 4.79 Å². The van der Waals surface area contributed by atoms with E-state index < -0.39 is 0 Å². The summed E-state index contributed by atoms with van der Waals surface area (Å²) in [7, 11) is 0. The predicted molar refractivity (Wildman–Crippen MR) is 119 cm³/mol. The molecule has 0 aliphatic carbocycles. The predicted octanol–water partition coefficient (Wildman–Crippen LogP) is 3.13. The number of phenols is 1. The van der Waals surface area contributed by atoms with Crippen molar-refractivity contribution in [1.29, 1.82) is 0 Å². The number of benzene rings is 2. The molecule has 0 spiro atoms. The van der Waals surface area contributed by atoms with Gasteiger partial charge in [0.05, 0.1) is 30.7 Å². The Labute approximate surface area is 190 Å². The van der Waals surface area contributed by atoms with E-state index >= 15 is 0 Å². The molecule has 1 aliphatic heterocycles. The number of hydrogen-bond acceptors (Lipinski definition) is 8. The molecule has 0 saturated heterocycles. The molecular formula is C22H25N5O4S. The van der Waals surface area contributed by atoms with Crippen molar-refractivity contribution in [2.45, 2.75) is 31.5 Å². The summed E-state index contributed by atoms with van der Waals surface area (Å²) in [5.74, 6) is 1.81. The van der Waals surface area contributed by atoms with Gasteiger partial charge in [-0.15, -0.1) is 5.10 Å². The number of carbonyl (C=O) groups excluding carboxylic acids is 1. The molecule has 1 aromatic heterocycles. The number of rotatable bonds is 7. The third-order valence-electron chi connectivity index (χ3n) is 4.98. The summed E-state index contributed by atoms with van der Waals surface area (Å²) >= 11 is 1.24. The second-order valence-corrected chi connectivity index (χ2v) is 8.67. The molecule has 9 nitrogen and oxygen atoms in total. The average molecular weight is 456 g/mol. The van der Waals surface area contributed by atoms with Crippen molar-refractivity contribution in [1.82, 2.24) is 25.5 Å². The quantitative estimate of drug-likeness (QED) is 0.523. The third-order valence-corrected chi connectivity index (χ3v) is 5.90. The zero-order valence-corrected chi connectivity index (χ0v) is 18.7. The first-order valence-corrected chi connectivity index (χ1v) is 11.4. The Morgan fingerprint density at radius 3 is 2.66 bits per heavy atom. The Morgan fingerprint density at radius 2 is 1.91 bits per heavy atom. The fourth-order valence-electron chi connectivity index (χ4n) is 3.38. The number of nitrogens with zero attached hydrogens (tertiary/aromatic N) is 4. The second kappa shape index (κ2) is 9.90. The highest BCUT2D eigenvalue weighted by molar-refractivity contribution is 7.99. The standard InChI is InChI=1S/C22H25N5O4S/c1-14(2)21(15-4-9-18-19(12-15)31-11-3-10-30-18)23-20(29)13-32-22-24-25-26-27(22)16-5-7-17(28)8-6-16/h4-9,12,14,21,28H,3,10-11,13H2,1-2H3,(H,23,29)/t21-/m1/s1. The molecule has 0 radical (unpaired) electrons. The van der Waals surface area contributed by atoms with Gasteiger partial charge < -0.3 is 19.9 Å². The number of phenolic OH excluding ortho intramolecular Hbond substituents is 1. The van der Waals surface area contributed by atoms with Crippen LogP contribution in [0.4, 0.5) is 0 Å². The van der Waals surface area contributed by atoms with Crippen LogP contribution in [0, 0.1) is 5.92 Å². The van der Waals surface area contributed by atoms with E-state index in [0.717, 1.165) is 17.7 Å². The van der Waals surface area contributed by atoms with Gasteiger partial charge in [0, 0.05) is 6.42 Å². The first-order chi connectivity index (χ1) is 15.5. The number of aromatic nitrogens is 4. The Hall–Kier alpha value is -3.27. The molecule has 0 unspecified atom stereocenters. The first-order valence-electron chi connectivity index (χ1n) is 10.4. The molecule has 168 valence electrons. The van der Waals surface area contributed by atoms with E-state index in [0.29, 0.717) is 29.8 Å². The minimum absolute atomic E-state index is 0.124. The maximum Gasteiger partial charge on any atom is 0.230 e. The van der Waals surface area contributed by atoms with Crippen LogP contribution in [0.5, 0.6) is 17.2 Å². The Balaban J connectivity index is 1.42. The Bertz CT molecular complexity index is 1070. The van der Waals surface area contributed by atoms with Crippen molar-refractivity contribution in [2.75, 3.05) is 19.0 Å². The molecule has 1 amide bonds. The molecule has 2 heterocycles. The number of tetrazole rings is 1. The third kappa shape index (κ3) is 5.13. The smallest absolute Gasteiger partial charge is 0.230 e. The van der Waals surface area contributed by atoms with Crippen molar-refractivity contribution in [3.63, 3.8) is 0 Å². The van der Waals surface area contributed by atoms with Crippen LogP contribution in [0.3, 0.4) is 0 Å². The maximum absolute atomic E-state index is 12.8. The topological polar surface area (TPSA) is 111 Å². The van der Waals surface area contributed by atoms with Crippen LogP contribution >= 0.6 is 11.8 Å². The minimum Gasteiger partial charge on any atom is -0.508 e. The number of nitrogens with one attached hydrogen (secondary N) is 1. The normalized spacial score (nSPS) is 14.1. The molecular weight excluding hydrogens is 430 g/mol. The summed E-state index contributed by atoms with van der Waals surface area (Å²) in [6.07, 6.45) is 0.842. The molecule has 1 aliphatic rings. The van der Waals surface area contributed by atoms with Gasteiger partial charge in [-0.2, -0.15) is 4.68 Å². The Morgan fingerprint density at radius 1 is 1.16 bits per heavy atom. The lowest BCUT2D eigenvalue weighted by molar-refractivity contribution is -0.119. The lowest BCUT2D eigenvalue weighted by Gasteiger charge is -2.23. The van der Waals surface area contributed by atoms with Crippen LogP contribution in [0.2, 0.25) is 0 Å². The lowest BCUT2D eigenvalue weighted by atomic mass is 9.95. The van der Waals surface area contributed by atoms with E-state index in [2.05, 4.69) is 34.7 Å². The Kier molecular flexibility index (Phi) is 6.79. The van der Waals surface area contributed by atoms with E-state index in [9.17, 15) is 9.90 Å². The molecule has 1 atom stereocenters. The van der Waals surface area contributed by atoms with E-state index in [4.69, 9.17) is 9.47 Å². The molecule has 0 saturated carbocycles. The number of ether oxygens (including phenoxy) is 2. The van der Waals surface area contributed by atoms with Gasteiger partial charge in [-0.25, -0.2) is 0 Å². The molecule has 0 fully saturated rings. The van der Waals surface area contributed by atoms with E-state index in [1.165, 1.54) is 16.4 Å². The second-order valence-electron chi connectivity index (χ2n) is 7.72. The first kappa shape index (κ1) is 21.9. The van der Waals surface area contributed by atoms with Crippen LogP contribution < -0.4 is 14.8 Å². The number of thioether (sulfide) groups is 1. The summed E-state index contributed by atoms with van der Waals surface area (Å²) in [6, 6.07) is 12.2. The highest BCUT2D eigenvalue weighted by Crippen LogP contribution is 2.34. The number of hydrogen-bond donors (Lipinski definition) is 2. The van der Waals surface area contributed by atoms with E-state index in [-0.39, 0.29) is 29.4 Å². The number of amides is 1. The monoisotopic (exact) mass is 455 g/mol. The van der Waals surface area contributed by atoms with Gasteiger partial charge >= 0.3 is 0 Å². The van der Waals surface area contributed by atoms with Crippen molar-refractivity contribution in [3.8, 4) is 22.9 Å². The highest BCUT2D eigenvalue weighted by Gasteiger charge is 2.22. The molecule has 2 aromatic carbocycles. The fourth-order valence-corrected chi connectivity index (χ4v) is 4.08. The maximum atomic E-state index is 12.8. The average Bonchev–Trinajstić information content (AvgIpc) is 3.13. The summed E-state index contributed by atoms with van der Waals surface area (Å²) in [6.45, 7) is 5.37. The van der Waals surface area contributed by atoms with Crippen molar-refractivity contribution < 1.29 is 19.4 Å². The number of aromatic hydroxyl groups is 1. The van der Waals surface area contributed by atoms with Crippen LogP contribution in [0.1, 0.15) is 31.9 Å². The fraction of sp³-hybridized carbons (Fsp3) is 0.364.